The molecule has 0 amide bonds. The molecule has 0 unspecified atom stereocenters. The van der Waals surface area contributed by atoms with Gasteiger partial charge in [0.25, 0.3) is 0 Å². The van der Waals surface area contributed by atoms with Crippen LogP contribution in [0.4, 0.5) is 11.4 Å². The number of ether oxygens (including phenoxy) is 1. The Balaban J connectivity index is 1.74. The molecule has 0 aliphatic carbocycles. The molecule has 3 nitrogen and oxygen atoms in total. The lowest BCUT2D eigenvalue weighted by atomic mass is 10.1. The van der Waals surface area contributed by atoms with E-state index in [1.165, 1.54) is 0 Å². The van der Waals surface area contributed by atoms with Crippen LogP contribution < -0.4 is 4.74 Å². The number of benzene rings is 3. The molecule has 3 aromatic carbocycles. The van der Waals surface area contributed by atoms with E-state index in [9.17, 15) is 0 Å². The Hall–Kier alpha value is -2.02. The standard InChI is InChI=1S/C23H19BrN2OS2/c1-27-21-5-3-4-6-22(21)29-17-11-12-18-20(13-17)25-19(14-23(26-18)28-2)15-7-9-16(24)10-8-15/h3-13H,14H2,1-2H3. The third-order valence-corrected chi connectivity index (χ3v) is 6.76. The van der Waals surface area contributed by atoms with Crippen LogP contribution >= 0.6 is 39.5 Å². The van der Waals surface area contributed by atoms with Gasteiger partial charge in [-0.15, -0.1) is 11.8 Å². The summed E-state index contributed by atoms with van der Waals surface area (Å²) in [6.45, 7) is 0. The number of aliphatic imine (C=N–C) groups is 2. The number of thioether (sulfide) groups is 1. The van der Waals surface area contributed by atoms with Crippen molar-refractivity contribution in [3.8, 4) is 5.75 Å². The number of rotatable bonds is 4. The number of hydrogen-bond donors (Lipinski definition) is 0. The van der Waals surface area contributed by atoms with E-state index >= 15 is 0 Å². The van der Waals surface area contributed by atoms with Crippen LogP contribution in [-0.4, -0.2) is 24.1 Å². The highest BCUT2D eigenvalue weighted by atomic mass is 79.9. The van der Waals surface area contributed by atoms with Crippen molar-refractivity contribution in [2.24, 2.45) is 9.98 Å². The van der Waals surface area contributed by atoms with Crippen LogP contribution in [0, 0.1) is 0 Å². The van der Waals surface area contributed by atoms with E-state index in [-0.39, 0.29) is 0 Å². The molecule has 1 aliphatic rings. The average Bonchev–Trinajstić information content (AvgIpc) is 2.93. The van der Waals surface area contributed by atoms with E-state index in [0.29, 0.717) is 0 Å². The fraction of sp³-hybridized carbons (Fsp3) is 0.130. The second-order valence-corrected chi connectivity index (χ2v) is 9.27. The molecule has 3 aromatic rings. The van der Waals surface area contributed by atoms with Crippen molar-refractivity contribution in [3.63, 3.8) is 0 Å². The van der Waals surface area contributed by atoms with Crippen molar-refractivity contribution in [1.82, 2.24) is 0 Å². The monoisotopic (exact) mass is 482 g/mol. The lowest BCUT2D eigenvalue weighted by Crippen LogP contribution is -2.05. The minimum atomic E-state index is 0.729. The van der Waals surface area contributed by atoms with Gasteiger partial charge in [-0.05, 0) is 54.3 Å². The number of para-hydroxylation sites is 1. The third kappa shape index (κ3) is 4.77. The molecule has 0 radical (unpaired) electrons. The topological polar surface area (TPSA) is 34.0 Å². The highest BCUT2D eigenvalue weighted by Gasteiger charge is 2.16. The molecule has 0 atom stereocenters. The molecule has 6 heteroatoms. The van der Waals surface area contributed by atoms with Gasteiger partial charge < -0.3 is 4.74 Å². The van der Waals surface area contributed by atoms with Crippen molar-refractivity contribution >= 4 is 61.6 Å². The Labute approximate surface area is 187 Å². The Morgan fingerprint density at radius 2 is 1.72 bits per heavy atom. The second kappa shape index (κ2) is 9.20. The van der Waals surface area contributed by atoms with E-state index in [1.54, 1.807) is 30.6 Å². The first-order valence-electron chi connectivity index (χ1n) is 9.06. The fourth-order valence-electron chi connectivity index (χ4n) is 3.01. The fourth-order valence-corrected chi connectivity index (χ4v) is 4.70. The summed E-state index contributed by atoms with van der Waals surface area (Å²) in [5.74, 6) is 0.870. The number of nitrogens with zero attached hydrogens (tertiary/aromatic N) is 2. The Morgan fingerprint density at radius 1 is 0.931 bits per heavy atom. The molecule has 0 fully saturated rings. The summed E-state index contributed by atoms with van der Waals surface area (Å²) < 4.78 is 6.55. The summed E-state index contributed by atoms with van der Waals surface area (Å²) >= 11 is 6.85. The van der Waals surface area contributed by atoms with E-state index < -0.39 is 0 Å². The predicted molar refractivity (Wildman–Crippen MR) is 129 cm³/mol. The highest BCUT2D eigenvalue weighted by molar-refractivity contribution is 9.10. The molecular weight excluding hydrogens is 464 g/mol. The summed E-state index contributed by atoms with van der Waals surface area (Å²) in [5.41, 5.74) is 3.95. The van der Waals surface area contributed by atoms with E-state index in [4.69, 9.17) is 14.7 Å². The lowest BCUT2D eigenvalue weighted by Gasteiger charge is -2.09. The summed E-state index contributed by atoms with van der Waals surface area (Å²) in [6.07, 6.45) is 2.79. The number of fused-ring (bicyclic) bond motifs is 1. The zero-order valence-electron chi connectivity index (χ0n) is 16.1. The van der Waals surface area contributed by atoms with Crippen LogP contribution in [0.3, 0.4) is 0 Å². The molecule has 0 aromatic heterocycles. The van der Waals surface area contributed by atoms with Gasteiger partial charge >= 0.3 is 0 Å². The maximum atomic E-state index is 5.49. The molecule has 1 heterocycles. The highest BCUT2D eigenvalue weighted by Crippen LogP contribution is 2.40. The first-order valence-corrected chi connectivity index (χ1v) is 11.9. The summed E-state index contributed by atoms with van der Waals surface area (Å²) in [7, 11) is 1.70. The molecule has 146 valence electrons. The van der Waals surface area contributed by atoms with Gasteiger partial charge in [0, 0.05) is 15.8 Å². The van der Waals surface area contributed by atoms with Crippen molar-refractivity contribution in [3.05, 3.63) is 76.8 Å². The van der Waals surface area contributed by atoms with Gasteiger partial charge in [-0.25, -0.2) is 4.99 Å². The number of halogens is 1. The molecule has 29 heavy (non-hydrogen) atoms. The van der Waals surface area contributed by atoms with Gasteiger partial charge in [0.05, 0.1) is 34.1 Å². The van der Waals surface area contributed by atoms with Gasteiger partial charge in [-0.1, -0.05) is 52.0 Å². The Kier molecular flexibility index (Phi) is 6.43. The van der Waals surface area contributed by atoms with E-state index in [0.717, 1.165) is 54.1 Å². The van der Waals surface area contributed by atoms with Gasteiger partial charge in [-0.3, -0.25) is 4.99 Å². The zero-order valence-corrected chi connectivity index (χ0v) is 19.3. The summed E-state index contributed by atoms with van der Waals surface area (Å²) in [6, 6.07) is 22.6. The Morgan fingerprint density at radius 3 is 2.48 bits per heavy atom. The van der Waals surface area contributed by atoms with Crippen molar-refractivity contribution in [2.75, 3.05) is 13.4 Å². The van der Waals surface area contributed by atoms with Crippen molar-refractivity contribution < 1.29 is 4.74 Å². The van der Waals surface area contributed by atoms with Crippen LogP contribution in [0.5, 0.6) is 5.75 Å². The quantitative estimate of drug-likeness (QED) is 0.385. The smallest absolute Gasteiger partial charge is 0.132 e. The zero-order chi connectivity index (χ0) is 20.2. The molecule has 1 aliphatic heterocycles. The number of hydrogen-bond acceptors (Lipinski definition) is 5. The van der Waals surface area contributed by atoms with Gasteiger partial charge in [0.15, 0.2) is 0 Å². The third-order valence-electron chi connectivity index (χ3n) is 4.48. The molecule has 0 saturated heterocycles. The molecule has 0 bridgehead atoms. The van der Waals surface area contributed by atoms with Crippen LogP contribution in [0.2, 0.25) is 0 Å². The molecule has 0 spiro atoms. The Bertz CT molecular complexity index is 1090. The lowest BCUT2D eigenvalue weighted by molar-refractivity contribution is 0.405. The largest absolute Gasteiger partial charge is 0.496 e. The first kappa shape index (κ1) is 20.3. The van der Waals surface area contributed by atoms with Crippen LogP contribution in [0.15, 0.2) is 91.0 Å². The average molecular weight is 483 g/mol. The maximum absolute atomic E-state index is 5.49. The van der Waals surface area contributed by atoms with E-state index in [1.807, 2.05) is 30.3 Å². The molecule has 4 rings (SSSR count). The van der Waals surface area contributed by atoms with Crippen LogP contribution in [0.25, 0.3) is 0 Å². The first-order chi connectivity index (χ1) is 14.2. The minimum absolute atomic E-state index is 0.729. The van der Waals surface area contributed by atoms with Gasteiger partial charge in [0.2, 0.25) is 0 Å². The van der Waals surface area contributed by atoms with Crippen molar-refractivity contribution in [1.29, 1.82) is 0 Å². The van der Waals surface area contributed by atoms with Crippen LogP contribution in [0.1, 0.15) is 12.0 Å². The summed E-state index contributed by atoms with van der Waals surface area (Å²) in [4.78, 5) is 12.0. The van der Waals surface area contributed by atoms with Crippen molar-refractivity contribution in [2.45, 2.75) is 16.2 Å². The normalized spacial score (nSPS) is 13.2. The molecule has 0 saturated carbocycles. The van der Waals surface area contributed by atoms with Crippen LogP contribution in [-0.2, 0) is 0 Å². The maximum Gasteiger partial charge on any atom is 0.132 e. The van der Waals surface area contributed by atoms with E-state index in [2.05, 4.69) is 58.6 Å². The second-order valence-electron chi connectivity index (χ2n) is 6.36. The minimum Gasteiger partial charge on any atom is -0.496 e. The predicted octanol–water partition coefficient (Wildman–Crippen LogP) is 7.53. The molecular formula is C23H19BrN2OS2. The SMILES string of the molecule is COc1ccccc1Sc1ccc2c(c1)N=C(c1ccc(Br)cc1)CC(SC)=N2. The van der Waals surface area contributed by atoms with Gasteiger partial charge in [0.1, 0.15) is 5.75 Å². The van der Waals surface area contributed by atoms with Gasteiger partial charge in [-0.2, -0.15) is 0 Å². The number of methoxy groups -OCH3 is 1. The molecule has 0 N–H and O–H groups in total. The summed E-state index contributed by atoms with van der Waals surface area (Å²) in [5, 5.41) is 1.07.